The number of hydrogen-bond donors (Lipinski definition) is 1. The summed E-state index contributed by atoms with van der Waals surface area (Å²) in [7, 11) is 0. The molecule has 0 amide bonds. The molecule has 0 atom stereocenters. The van der Waals surface area contributed by atoms with Crippen molar-refractivity contribution in [2.75, 3.05) is 37.6 Å². The summed E-state index contributed by atoms with van der Waals surface area (Å²) in [4.78, 5) is 14.0. The molecule has 2 aliphatic heterocycles. The van der Waals surface area contributed by atoms with Gasteiger partial charge in [0.15, 0.2) is 0 Å². The SMILES string of the molecule is CCCc1nc(C)cc(N2CCC(O)(CN3CCCC3)CC2)n1. The molecule has 0 spiro atoms. The molecule has 0 bridgehead atoms. The van der Waals surface area contributed by atoms with Crippen LogP contribution in [0.3, 0.4) is 0 Å². The van der Waals surface area contributed by atoms with Crippen LogP contribution in [0.4, 0.5) is 5.82 Å². The van der Waals surface area contributed by atoms with E-state index >= 15 is 0 Å². The molecule has 1 aromatic rings. The smallest absolute Gasteiger partial charge is 0.132 e. The second kappa shape index (κ2) is 7.14. The van der Waals surface area contributed by atoms with Crippen LogP contribution in [-0.2, 0) is 6.42 Å². The number of β-amino-alcohol motifs (C(OH)–C–C–N with tert-alkyl or cyclic N) is 1. The predicted molar refractivity (Wildman–Crippen MR) is 92.8 cm³/mol. The third-order valence-electron chi connectivity index (χ3n) is 5.10. The first-order valence-electron chi connectivity index (χ1n) is 9.12. The van der Waals surface area contributed by atoms with Gasteiger partial charge in [0.2, 0.25) is 0 Å². The van der Waals surface area contributed by atoms with Crippen LogP contribution in [0, 0.1) is 6.92 Å². The van der Waals surface area contributed by atoms with Gasteiger partial charge in [0, 0.05) is 37.8 Å². The molecule has 5 heteroatoms. The van der Waals surface area contributed by atoms with Crippen LogP contribution < -0.4 is 4.90 Å². The number of anilines is 1. The number of aliphatic hydroxyl groups is 1. The van der Waals surface area contributed by atoms with E-state index in [1.165, 1.54) is 12.8 Å². The molecule has 2 saturated heterocycles. The van der Waals surface area contributed by atoms with Crippen molar-refractivity contribution in [3.05, 3.63) is 17.6 Å². The normalized spacial score (nSPS) is 21.8. The average Bonchev–Trinajstić information content (AvgIpc) is 3.00. The summed E-state index contributed by atoms with van der Waals surface area (Å²) < 4.78 is 0. The standard InChI is InChI=1S/C18H30N4O/c1-3-6-16-19-15(2)13-17(20-16)22-11-7-18(23,8-12-22)14-21-9-4-5-10-21/h13,23H,3-12,14H2,1-2H3. The maximum absolute atomic E-state index is 10.9. The molecule has 1 aromatic heterocycles. The quantitative estimate of drug-likeness (QED) is 0.902. The van der Waals surface area contributed by atoms with Gasteiger partial charge in [-0.05, 0) is 52.1 Å². The monoisotopic (exact) mass is 318 g/mol. The van der Waals surface area contributed by atoms with E-state index in [1.54, 1.807) is 0 Å². The molecular weight excluding hydrogens is 288 g/mol. The Kier molecular flexibility index (Phi) is 5.17. The molecular formula is C18H30N4O. The first-order chi connectivity index (χ1) is 11.1. The predicted octanol–water partition coefficient (Wildman–Crippen LogP) is 2.16. The van der Waals surface area contributed by atoms with E-state index in [1.807, 2.05) is 6.92 Å². The molecule has 0 radical (unpaired) electrons. The molecule has 0 unspecified atom stereocenters. The molecule has 2 fully saturated rings. The number of likely N-dealkylation sites (tertiary alicyclic amines) is 1. The Morgan fingerprint density at radius 1 is 1.13 bits per heavy atom. The molecule has 2 aliphatic rings. The third kappa shape index (κ3) is 4.21. The Morgan fingerprint density at radius 2 is 1.83 bits per heavy atom. The van der Waals surface area contributed by atoms with E-state index in [4.69, 9.17) is 4.98 Å². The van der Waals surface area contributed by atoms with E-state index < -0.39 is 5.60 Å². The summed E-state index contributed by atoms with van der Waals surface area (Å²) in [6.07, 6.45) is 6.22. The number of nitrogens with zero attached hydrogens (tertiary/aromatic N) is 4. The van der Waals surface area contributed by atoms with Crippen molar-refractivity contribution in [1.82, 2.24) is 14.9 Å². The van der Waals surface area contributed by atoms with Gasteiger partial charge < -0.3 is 14.9 Å². The number of aromatic nitrogens is 2. The van der Waals surface area contributed by atoms with Crippen LogP contribution in [0.2, 0.25) is 0 Å². The fraction of sp³-hybridized carbons (Fsp3) is 0.778. The van der Waals surface area contributed by atoms with Gasteiger partial charge in [-0.1, -0.05) is 6.92 Å². The van der Waals surface area contributed by atoms with Crippen molar-refractivity contribution in [2.24, 2.45) is 0 Å². The third-order valence-corrected chi connectivity index (χ3v) is 5.10. The van der Waals surface area contributed by atoms with Gasteiger partial charge in [-0.25, -0.2) is 9.97 Å². The lowest BCUT2D eigenvalue weighted by Gasteiger charge is -2.40. The zero-order valence-electron chi connectivity index (χ0n) is 14.6. The van der Waals surface area contributed by atoms with Crippen molar-refractivity contribution < 1.29 is 5.11 Å². The van der Waals surface area contributed by atoms with Crippen molar-refractivity contribution in [1.29, 1.82) is 0 Å². The summed E-state index contributed by atoms with van der Waals surface area (Å²) in [6, 6.07) is 2.07. The average molecular weight is 318 g/mol. The van der Waals surface area contributed by atoms with E-state index in [2.05, 4.69) is 27.8 Å². The first-order valence-corrected chi connectivity index (χ1v) is 9.12. The van der Waals surface area contributed by atoms with E-state index in [0.717, 1.165) is 75.7 Å². The summed E-state index contributed by atoms with van der Waals surface area (Å²) in [5.74, 6) is 1.98. The highest BCUT2D eigenvalue weighted by atomic mass is 16.3. The van der Waals surface area contributed by atoms with Crippen molar-refractivity contribution in [3.63, 3.8) is 0 Å². The van der Waals surface area contributed by atoms with Gasteiger partial charge in [-0.2, -0.15) is 0 Å². The van der Waals surface area contributed by atoms with Gasteiger partial charge >= 0.3 is 0 Å². The van der Waals surface area contributed by atoms with E-state index in [-0.39, 0.29) is 0 Å². The zero-order chi connectivity index (χ0) is 16.3. The number of aryl methyl sites for hydroxylation is 2. The van der Waals surface area contributed by atoms with Crippen molar-refractivity contribution in [2.45, 2.75) is 58.0 Å². The fourth-order valence-corrected chi connectivity index (χ4v) is 3.78. The Morgan fingerprint density at radius 3 is 2.48 bits per heavy atom. The molecule has 0 aromatic carbocycles. The minimum Gasteiger partial charge on any atom is -0.388 e. The fourth-order valence-electron chi connectivity index (χ4n) is 3.78. The Balaban J connectivity index is 1.61. The van der Waals surface area contributed by atoms with Gasteiger partial charge in [-0.15, -0.1) is 0 Å². The van der Waals surface area contributed by atoms with Crippen molar-refractivity contribution in [3.8, 4) is 0 Å². The second-order valence-electron chi connectivity index (χ2n) is 7.23. The van der Waals surface area contributed by atoms with Crippen LogP contribution >= 0.6 is 0 Å². The summed E-state index contributed by atoms with van der Waals surface area (Å²) >= 11 is 0. The zero-order valence-corrected chi connectivity index (χ0v) is 14.6. The summed E-state index contributed by atoms with van der Waals surface area (Å²) in [6.45, 7) is 9.10. The highest BCUT2D eigenvalue weighted by molar-refractivity contribution is 5.40. The summed E-state index contributed by atoms with van der Waals surface area (Å²) in [5, 5.41) is 10.9. The maximum atomic E-state index is 10.9. The van der Waals surface area contributed by atoms with Crippen LogP contribution in [0.1, 0.15) is 50.5 Å². The maximum Gasteiger partial charge on any atom is 0.132 e. The van der Waals surface area contributed by atoms with Crippen LogP contribution in [0.5, 0.6) is 0 Å². The molecule has 23 heavy (non-hydrogen) atoms. The van der Waals surface area contributed by atoms with Gasteiger partial charge in [-0.3, -0.25) is 0 Å². The molecule has 5 nitrogen and oxygen atoms in total. The highest BCUT2D eigenvalue weighted by Crippen LogP contribution is 2.27. The van der Waals surface area contributed by atoms with Crippen LogP contribution in [0.15, 0.2) is 6.07 Å². The molecule has 0 aliphatic carbocycles. The van der Waals surface area contributed by atoms with Gasteiger partial charge in [0.05, 0.1) is 5.60 Å². The molecule has 3 rings (SSSR count). The Bertz CT molecular complexity index is 520. The first kappa shape index (κ1) is 16.7. The second-order valence-corrected chi connectivity index (χ2v) is 7.23. The molecule has 1 N–H and O–H groups in total. The summed E-state index contributed by atoms with van der Waals surface area (Å²) in [5.41, 5.74) is 0.520. The van der Waals surface area contributed by atoms with Gasteiger partial charge in [0.1, 0.15) is 11.6 Å². The highest BCUT2D eigenvalue weighted by Gasteiger charge is 2.35. The molecule has 128 valence electrons. The minimum atomic E-state index is -0.519. The number of rotatable bonds is 5. The number of hydrogen-bond acceptors (Lipinski definition) is 5. The topological polar surface area (TPSA) is 52.5 Å². The molecule has 3 heterocycles. The van der Waals surface area contributed by atoms with Gasteiger partial charge in [0.25, 0.3) is 0 Å². The van der Waals surface area contributed by atoms with Crippen LogP contribution in [0.25, 0.3) is 0 Å². The largest absolute Gasteiger partial charge is 0.388 e. The lowest BCUT2D eigenvalue weighted by atomic mass is 9.91. The number of piperidine rings is 1. The van der Waals surface area contributed by atoms with Crippen LogP contribution in [-0.4, -0.2) is 58.3 Å². The lowest BCUT2D eigenvalue weighted by molar-refractivity contribution is -0.0111. The lowest BCUT2D eigenvalue weighted by Crippen LogP contribution is -2.50. The Hall–Kier alpha value is -1.20. The van der Waals surface area contributed by atoms with E-state index in [0.29, 0.717) is 0 Å². The minimum absolute atomic E-state index is 0.519. The van der Waals surface area contributed by atoms with Crippen molar-refractivity contribution >= 4 is 5.82 Å². The Labute approximate surface area is 139 Å². The van der Waals surface area contributed by atoms with E-state index in [9.17, 15) is 5.11 Å². The molecule has 0 saturated carbocycles.